The maximum absolute atomic E-state index is 10.4. The zero-order valence-electron chi connectivity index (χ0n) is 20.6. The predicted molar refractivity (Wildman–Crippen MR) is 147 cm³/mol. The van der Waals surface area contributed by atoms with Crippen LogP contribution in [0.15, 0.2) is 108 Å². The normalized spacial score (nSPS) is 11.4. The van der Waals surface area contributed by atoms with E-state index < -0.39 is 10.1 Å². The van der Waals surface area contributed by atoms with Gasteiger partial charge >= 0.3 is 5.65 Å². The summed E-state index contributed by atoms with van der Waals surface area (Å²) in [4.78, 5) is 9.66. The van der Waals surface area contributed by atoms with E-state index in [9.17, 15) is 13.0 Å². The molecule has 4 aromatic carbocycles. The number of nitrogens with zero attached hydrogens (tertiary/aromatic N) is 4. The molecule has 0 unspecified atom stereocenters. The molecule has 0 aliphatic heterocycles. The van der Waals surface area contributed by atoms with Crippen molar-refractivity contribution in [2.75, 3.05) is 0 Å². The maximum Gasteiger partial charge on any atom is 0.328 e. The Morgan fingerprint density at radius 2 is 1.42 bits per heavy atom. The summed E-state index contributed by atoms with van der Waals surface area (Å²) in [5, 5.41) is 0.654. The molecule has 0 N–H and O–H groups in total. The third kappa shape index (κ3) is 5.15. The van der Waals surface area contributed by atoms with E-state index in [0.717, 1.165) is 45.1 Å². The molecule has 0 saturated carbocycles. The van der Waals surface area contributed by atoms with Gasteiger partial charge in [-0.15, -0.1) is 0 Å². The van der Waals surface area contributed by atoms with Gasteiger partial charge in [-0.3, -0.25) is 0 Å². The van der Waals surface area contributed by atoms with Crippen LogP contribution in [0.5, 0.6) is 0 Å². The van der Waals surface area contributed by atoms with Crippen molar-refractivity contribution in [3.05, 3.63) is 120 Å². The highest BCUT2D eigenvalue weighted by Gasteiger charge is 2.26. The Hall–Kier alpha value is -4.11. The third-order valence-corrected chi connectivity index (χ3v) is 7.08. The number of hydrogen-bond donors (Lipinski definition) is 0. The predicted octanol–water partition coefficient (Wildman–Crippen LogP) is 5.71. The molecule has 0 aliphatic rings. The Labute approximate surface area is 225 Å². The Kier molecular flexibility index (Phi) is 6.94. The van der Waals surface area contributed by atoms with Crippen molar-refractivity contribution in [3.8, 4) is 11.4 Å². The lowest BCUT2D eigenvalue weighted by molar-refractivity contribution is -0.577. The molecule has 0 bridgehead atoms. The molecule has 0 radical (unpaired) electrons. The first-order valence-electron chi connectivity index (χ1n) is 11.8. The maximum atomic E-state index is 10.4. The molecule has 2 heterocycles. The number of benzene rings is 4. The van der Waals surface area contributed by atoms with Crippen LogP contribution in [0.1, 0.15) is 11.4 Å². The highest BCUT2D eigenvalue weighted by atomic mass is 35.5. The van der Waals surface area contributed by atoms with E-state index in [-0.39, 0.29) is 4.90 Å². The summed E-state index contributed by atoms with van der Waals surface area (Å²) in [6.07, 6.45) is 0. The van der Waals surface area contributed by atoms with E-state index in [1.54, 1.807) is 12.1 Å². The zero-order valence-corrected chi connectivity index (χ0v) is 22.2. The van der Waals surface area contributed by atoms with Crippen molar-refractivity contribution in [2.45, 2.75) is 18.7 Å². The molecule has 190 valence electrons. The van der Waals surface area contributed by atoms with Crippen molar-refractivity contribution in [2.24, 2.45) is 0 Å². The molecule has 0 fully saturated rings. The highest BCUT2D eigenvalue weighted by molar-refractivity contribution is 7.85. The summed E-state index contributed by atoms with van der Waals surface area (Å²) < 4.78 is 35.4. The van der Waals surface area contributed by atoms with Gasteiger partial charge in [-0.05, 0) is 61.5 Å². The number of rotatable bonds is 3. The lowest BCUT2D eigenvalue weighted by Crippen LogP contribution is -2.34. The van der Waals surface area contributed by atoms with E-state index >= 15 is 0 Å². The van der Waals surface area contributed by atoms with Crippen LogP contribution in [0, 0.1) is 13.8 Å². The Bertz CT molecular complexity index is 1860. The molecule has 0 spiro atoms. The van der Waals surface area contributed by atoms with Gasteiger partial charge in [-0.2, -0.15) is 4.57 Å². The highest BCUT2D eigenvalue weighted by Crippen LogP contribution is 2.23. The smallest absolute Gasteiger partial charge is 0.328 e. The van der Waals surface area contributed by atoms with Gasteiger partial charge in [0.2, 0.25) is 5.82 Å². The topological polar surface area (TPSA) is 91.8 Å². The average Bonchev–Trinajstić information content (AvgIpc) is 3.19. The summed E-state index contributed by atoms with van der Waals surface area (Å²) in [5.41, 5.74) is 6.25. The van der Waals surface area contributed by atoms with Gasteiger partial charge in [0, 0.05) is 11.9 Å². The van der Waals surface area contributed by atoms with E-state index in [0.29, 0.717) is 5.02 Å². The second-order valence-corrected chi connectivity index (χ2v) is 10.5. The molecule has 0 amide bonds. The van der Waals surface area contributed by atoms with Gasteiger partial charge in [0.05, 0.1) is 4.90 Å². The number of fused-ring (bicyclic) bond motifs is 2. The quantitative estimate of drug-likeness (QED) is 0.211. The summed E-state index contributed by atoms with van der Waals surface area (Å²) >= 11 is 6.18. The first kappa shape index (κ1) is 25.5. The number of aromatic nitrogens is 4. The molecule has 2 aromatic heterocycles. The van der Waals surface area contributed by atoms with Gasteiger partial charge < -0.3 is 4.55 Å². The van der Waals surface area contributed by atoms with Gasteiger partial charge in [0.1, 0.15) is 27.0 Å². The van der Waals surface area contributed by atoms with Crippen LogP contribution in [0.4, 0.5) is 0 Å². The zero-order chi connectivity index (χ0) is 26.9. The Morgan fingerprint density at radius 3 is 2.05 bits per heavy atom. The first-order chi connectivity index (χ1) is 18.2. The van der Waals surface area contributed by atoms with Crippen LogP contribution in [0.2, 0.25) is 5.02 Å². The molecule has 0 aliphatic carbocycles. The Morgan fingerprint density at radius 1 is 0.789 bits per heavy atom. The molecule has 0 atom stereocenters. The molecule has 6 rings (SSSR count). The lowest BCUT2D eigenvalue weighted by atomic mass is 10.2. The van der Waals surface area contributed by atoms with Crippen molar-refractivity contribution in [1.82, 2.24) is 14.5 Å². The van der Waals surface area contributed by atoms with E-state index in [2.05, 4.69) is 40.3 Å². The van der Waals surface area contributed by atoms with E-state index in [1.807, 2.05) is 61.5 Å². The van der Waals surface area contributed by atoms with Gasteiger partial charge in [0.15, 0.2) is 5.52 Å². The fraction of sp³-hybridized carbons (Fsp3) is 0.0690. The molecule has 7 nitrogen and oxygen atoms in total. The SMILES string of the molecule is Cc1ccc(S(=O)(=O)[O-])cc1.Cc1n(-c2ccccc2)c2nc3cc(Cl)ccc3nc2[n+]1-c1ccccc1. The number of imidazole rings is 1. The van der Waals surface area contributed by atoms with E-state index in [1.165, 1.54) is 12.1 Å². The minimum Gasteiger partial charge on any atom is -0.744 e. The van der Waals surface area contributed by atoms with Gasteiger partial charge in [-0.1, -0.05) is 70.7 Å². The minimum absolute atomic E-state index is 0.178. The second kappa shape index (κ2) is 10.3. The second-order valence-electron chi connectivity index (χ2n) is 8.66. The average molecular weight is 543 g/mol. The molecule has 0 saturated heterocycles. The summed E-state index contributed by atoms with van der Waals surface area (Å²) in [5.74, 6) is 1.03. The summed E-state index contributed by atoms with van der Waals surface area (Å²) in [6.45, 7) is 3.90. The van der Waals surface area contributed by atoms with Crippen LogP contribution >= 0.6 is 11.6 Å². The van der Waals surface area contributed by atoms with Crippen molar-refractivity contribution in [3.63, 3.8) is 0 Å². The number of para-hydroxylation sites is 2. The van der Waals surface area contributed by atoms with Crippen LogP contribution in [-0.4, -0.2) is 27.5 Å². The first-order valence-corrected chi connectivity index (χ1v) is 13.5. The minimum atomic E-state index is -4.27. The molecular weight excluding hydrogens is 520 g/mol. The van der Waals surface area contributed by atoms with Gasteiger partial charge in [0.25, 0.3) is 5.65 Å². The molecule has 6 aromatic rings. The van der Waals surface area contributed by atoms with Crippen molar-refractivity contribution in [1.29, 1.82) is 0 Å². The monoisotopic (exact) mass is 542 g/mol. The van der Waals surface area contributed by atoms with Crippen molar-refractivity contribution >= 4 is 44.0 Å². The number of halogens is 1. The molecular formula is C29H23ClN4O3S. The van der Waals surface area contributed by atoms with Crippen LogP contribution in [-0.2, 0) is 10.1 Å². The largest absolute Gasteiger partial charge is 0.744 e. The number of hydrogen-bond acceptors (Lipinski definition) is 5. The lowest BCUT2D eigenvalue weighted by Gasteiger charge is -2.05. The molecule has 9 heteroatoms. The van der Waals surface area contributed by atoms with E-state index in [4.69, 9.17) is 21.6 Å². The fourth-order valence-electron chi connectivity index (χ4n) is 4.19. The number of aryl methyl sites for hydroxylation is 1. The van der Waals surface area contributed by atoms with Crippen LogP contribution < -0.4 is 4.57 Å². The molecule has 38 heavy (non-hydrogen) atoms. The standard InChI is InChI=1S/C22H16ClN4.C7H8O3S/c1-15-26(17-8-4-2-5-9-17)21-22(27(15)18-10-6-3-7-11-18)25-20-14-16(23)12-13-19(20)24-21;1-6-2-4-7(5-3-6)11(8,9)10/h2-14H,1H3;2-5H,1H3,(H,8,9,10)/q+1;/p-1. The van der Waals surface area contributed by atoms with Crippen molar-refractivity contribution < 1.29 is 17.5 Å². The fourth-order valence-corrected chi connectivity index (χ4v) is 4.83. The van der Waals surface area contributed by atoms with Crippen LogP contribution in [0.25, 0.3) is 33.7 Å². The van der Waals surface area contributed by atoms with Crippen LogP contribution in [0.3, 0.4) is 0 Å². The summed E-state index contributed by atoms with van der Waals surface area (Å²) in [6, 6.07) is 31.8. The van der Waals surface area contributed by atoms with Gasteiger partial charge in [-0.25, -0.2) is 18.0 Å². The Balaban J connectivity index is 0.000000226. The third-order valence-electron chi connectivity index (χ3n) is 6.00. The summed E-state index contributed by atoms with van der Waals surface area (Å²) in [7, 11) is -4.27.